The highest BCUT2D eigenvalue weighted by Crippen LogP contribution is 2.27. The number of ether oxygens (including phenoxy) is 1. The summed E-state index contributed by atoms with van der Waals surface area (Å²) in [6, 6.07) is 0.0595. The van der Waals surface area contributed by atoms with Crippen molar-refractivity contribution in [2.45, 2.75) is 38.8 Å². The Morgan fingerprint density at radius 2 is 2.20 bits per heavy atom. The average molecular weight is 213 g/mol. The van der Waals surface area contributed by atoms with Gasteiger partial charge in [-0.1, -0.05) is 6.92 Å². The van der Waals surface area contributed by atoms with Gasteiger partial charge in [-0.2, -0.15) is 0 Å². The van der Waals surface area contributed by atoms with Crippen LogP contribution in [0.2, 0.25) is 0 Å². The standard InChI is InChI=1S/C10H19N3O2/c1-6-10(3,14-5)9-13-12-8(15-9)7(2)11-4/h7,11H,6H2,1-5H3. The second kappa shape index (κ2) is 4.72. The predicted octanol–water partition coefficient (Wildman–Crippen LogP) is 1.62. The van der Waals surface area contributed by atoms with Crippen LogP contribution in [0.3, 0.4) is 0 Å². The average Bonchev–Trinajstić information content (AvgIpc) is 2.76. The van der Waals surface area contributed by atoms with Crippen molar-refractivity contribution < 1.29 is 9.15 Å². The molecule has 0 aromatic carbocycles. The first-order valence-electron chi connectivity index (χ1n) is 5.13. The fourth-order valence-corrected chi connectivity index (χ4v) is 1.13. The molecule has 86 valence electrons. The van der Waals surface area contributed by atoms with E-state index in [0.717, 1.165) is 6.42 Å². The molecule has 0 bridgehead atoms. The maximum absolute atomic E-state index is 5.57. The van der Waals surface area contributed by atoms with Crippen LogP contribution in [0.1, 0.15) is 45.0 Å². The molecule has 2 unspecified atom stereocenters. The molecule has 5 heteroatoms. The summed E-state index contributed by atoms with van der Waals surface area (Å²) in [5.74, 6) is 1.12. The molecule has 1 aromatic heterocycles. The Kier molecular flexibility index (Phi) is 3.82. The largest absolute Gasteiger partial charge is 0.420 e. The summed E-state index contributed by atoms with van der Waals surface area (Å²) >= 11 is 0. The van der Waals surface area contributed by atoms with Gasteiger partial charge in [0.05, 0.1) is 6.04 Å². The van der Waals surface area contributed by atoms with Gasteiger partial charge in [-0.3, -0.25) is 0 Å². The lowest BCUT2D eigenvalue weighted by atomic mass is 10.0. The number of nitrogens with one attached hydrogen (secondary N) is 1. The molecule has 0 radical (unpaired) electrons. The first-order chi connectivity index (χ1) is 7.07. The normalized spacial score (nSPS) is 17.4. The van der Waals surface area contributed by atoms with Crippen LogP contribution in [0, 0.1) is 0 Å². The van der Waals surface area contributed by atoms with E-state index in [9.17, 15) is 0 Å². The van der Waals surface area contributed by atoms with Gasteiger partial charge in [0.2, 0.25) is 11.8 Å². The Labute approximate surface area is 90.2 Å². The van der Waals surface area contributed by atoms with E-state index in [1.807, 2.05) is 27.8 Å². The third kappa shape index (κ3) is 2.35. The van der Waals surface area contributed by atoms with Gasteiger partial charge in [0, 0.05) is 7.11 Å². The summed E-state index contributed by atoms with van der Waals surface area (Å²) in [7, 11) is 3.50. The van der Waals surface area contributed by atoms with Crippen molar-refractivity contribution in [2.24, 2.45) is 0 Å². The highest BCUT2D eigenvalue weighted by molar-refractivity contribution is 4.96. The van der Waals surface area contributed by atoms with Gasteiger partial charge in [0.15, 0.2) is 0 Å². The minimum atomic E-state index is -0.487. The summed E-state index contributed by atoms with van der Waals surface area (Å²) in [5.41, 5.74) is -0.487. The van der Waals surface area contributed by atoms with Crippen molar-refractivity contribution >= 4 is 0 Å². The maximum Gasteiger partial charge on any atom is 0.248 e. The minimum Gasteiger partial charge on any atom is -0.420 e. The Hall–Kier alpha value is -0.940. The fraction of sp³-hybridized carbons (Fsp3) is 0.800. The number of rotatable bonds is 5. The lowest BCUT2D eigenvalue weighted by Crippen LogP contribution is -2.23. The minimum absolute atomic E-state index is 0.0595. The second-order valence-electron chi connectivity index (χ2n) is 3.74. The number of hydrogen-bond donors (Lipinski definition) is 1. The van der Waals surface area contributed by atoms with Crippen molar-refractivity contribution in [1.82, 2.24) is 15.5 Å². The number of methoxy groups -OCH3 is 1. The summed E-state index contributed by atoms with van der Waals surface area (Å²) in [6.45, 7) is 5.93. The molecule has 0 amide bonds. The van der Waals surface area contributed by atoms with Crippen molar-refractivity contribution in [3.05, 3.63) is 11.8 Å². The van der Waals surface area contributed by atoms with E-state index in [1.165, 1.54) is 0 Å². The van der Waals surface area contributed by atoms with Gasteiger partial charge in [-0.05, 0) is 27.3 Å². The monoisotopic (exact) mass is 213 g/mol. The van der Waals surface area contributed by atoms with Crippen molar-refractivity contribution in [3.63, 3.8) is 0 Å². The summed E-state index contributed by atoms with van der Waals surface area (Å²) < 4.78 is 11.0. The molecule has 1 N–H and O–H groups in total. The van der Waals surface area contributed by atoms with Gasteiger partial charge in [-0.15, -0.1) is 10.2 Å². The third-order valence-electron chi connectivity index (χ3n) is 2.82. The molecule has 0 aliphatic carbocycles. The first kappa shape index (κ1) is 12.1. The Morgan fingerprint density at radius 1 is 1.53 bits per heavy atom. The van der Waals surface area contributed by atoms with E-state index in [-0.39, 0.29) is 6.04 Å². The molecular weight excluding hydrogens is 194 g/mol. The maximum atomic E-state index is 5.57. The van der Waals surface area contributed by atoms with E-state index < -0.39 is 5.60 Å². The lowest BCUT2D eigenvalue weighted by molar-refractivity contribution is -0.0244. The smallest absolute Gasteiger partial charge is 0.248 e. The van der Waals surface area contributed by atoms with Crippen LogP contribution in [0.25, 0.3) is 0 Å². The van der Waals surface area contributed by atoms with E-state index in [2.05, 4.69) is 15.5 Å². The highest BCUT2D eigenvalue weighted by atomic mass is 16.5. The van der Waals surface area contributed by atoms with E-state index in [1.54, 1.807) is 7.11 Å². The number of nitrogens with zero attached hydrogens (tertiary/aromatic N) is 2. The zero-order chi connectivity index (χ0) is 11.5. The van der Waals surface area contributed by atoms with Crippen LogP contribution in [0.15, 0.2) is 4.42 Å². The quantitative estimate of drug-likeness (QED) is 0.805. The van der Waals surface area contributed by atoms with Gasteiger partial charge in [0.25, 0.3) is 0 Å². The summed E-state index contributed by atoms with van der Waals surface area (Å²) in [4.78, 5) is 0. The predicted molar refractivity (Wildman–Crippen MR) is 56.4 cm³/mol. The van der Waals surface area contributed by atoms with Gasteiger partial charge < -0.3 is 14.5 Å². The van der Waals surface area contributed by atoms with Crippen molar-refractivity contribution in [2.75, 3.05) is 14.2 Å². The van der Waals surface area contributed by atoms with Gasteiger partial charge in [0.1, 0.15) is 5.60 Å². The van der Waals surface area contributed by atoms with Crippen LogP contribution in [0.5, 0.6) is 0 Å². The lowest BCUT2D eigenvalue weighted by Gasteiger charge is -2.21. The second-order valence-corrected chi connectivity index (χ2v) is 3.74. The molecular formula is C10H19N3O2. The van der Waals surface area contributed by atoms with Gasteiger partial charge >= 0.3 is 0 Å². The van der Waals surface area contributed by atoms with Gasteiger partial charge in [-0.25, -0.2) is 0 Å². The zero-order valence-corrected chi connectivity index (χ0v) is 10.00. The number of aromatic nitrogens is 2. The molecule has 1 heterocycles. The molecule has 0 aliphatic rings. The molecule has 0 spiro atoms. The SMILES string of the molecule is CCC(C)(OC)c1nnc(C(C)NC)o1. The summed E-state index contributed by atoms with van der Waals surface area (Å²) in [6.07, 6.45) is 0.791. The van der Waals surface area contributed by atoms with Crippen molar-refractivity contribution in [1.29, 1.82) is 0 Å². The van der Waals surface area contributed by atoms with E-state index in [4.69, 9.17) is 9.15 Å². The third-order valence-corrected chi connectivity index (χ3v) is 2.82. The molecule has 0 fully saturated rings. The van der Waals surface area contributed by atoms with Crippen LogP contribution in [0.4, 0.5) is 0 Å². The molecule has 1 aromatic rings. The fourth-order valence-electron chi connectivity index (χ4n) is 1.13. The van der Waals surface area contributed by atoms with Crippen molar-refractivity contribution in [3.8, 4) is 0 Å². The molecule has 0 aliphatic heterocycles. The van der Waals surface area contributed by atoms with Crippen LogP contribution in [-0.4, -0.2) is 24.4 Å². The first-order valence-corrected chi connectivity index (χ1v) is 5.13. The molecule has 0 saturated carbocycles. The van der Waals surface area contributed by atoms with E-state index >= 15 is 0 Å². The molecule has 1 rings (SSSR count). The van der Waals surface area contributed by atoms with E-state index in [0.29, 0.717) is 11.8 Å². The Morgan fingerprint density at radius 3 is 2.67 bits per heavy atom. The Balaban J connectivity index is 2.92. The number of hydrogen-bond acceptors (Lipinski definition) is 5. The highest BCUT2D eigenvalue weighted by Gasteiger charge is 2.31. The molecule has 15 heavy (non-hydrogen) atoms. The van der Waals surface area contributed by atoms with Crippen LogP contribution in [-0.2, 0) is 10.3 Å². The van der Waals surface area contributed by atoms with Crippen LogP contribution >= 0.6 is 0 Å². The van der Waals surface area contributed by atoms with Crippen LogP contribution < -0.4 is 5.32 Å². The molecule has 5 nitrogen and oxygen atoms in total. The molecule has 0 saturated heterocycles. The Bertz CT molecular complexity index is 307. The molecule has 2 atom stereocenters. The zero-order valence-electron chi connectivity index (χ0n) is 10.00. The topological polar surface area (TPSA) is 60.2 Å². The summed E-state index contributed by atoms with van der Waals surface area (Å²) in [5, 5.41) is 11.1.